The van der Waals surface area contributed by atoms with Gasteiger partial charge in [0.05, 0.1) is 28.0 Å². The van der Waals surface area contributed by atoms with Gasteiger partial charge < -0.3 is 25.0 Å². The maximum absolute atomic E-state index is 15.5. The summed E-state index contributed by atoms with van der Waals surface area (Å²) in [5.74, 6) is 4.07. The number of benzene rings is 1. The molecular formula is C25H37ClFN5O5. The molecule has 0 spiro atoms. The lowest BCUT2D eigenvalue weighted by Gasteiger charge is -2.31. The van der Waals surface area contributed by atoms with Crippen molar-refractivity contribution < 1.29 is 28.2 Å². The third kappa shape index (κ3) is 7.38. The van der Waals surface area contributed by atoms with Gasteiger partial charge in [0.1, 0.15) is 17.0 Å². The van der Waals surface area contributed by atoms with Crippen LogP contribution in [0.1, 0.15) is 77.6 Å². The molecule has 37 heavy (non-hydrogen) atoms. The number of rotatable bonds is 5. The standard InChI is InChI=1S/C25H37ClFN5O5/c1-24(2,3)36-22(34)30-15-10-11-31(13-15)20-17(27)12-16(19(18(20)26)29-14-8-7-9-14)21(33)32(28)23(35)37-25(4,5)6/h12,14-15,29H,7-11,13,28H2,1-6H3,(H,30,34). The van der Waals surface area contributed by atoms with E-state index in [0.29, 0.717) is 24.5 Å². The Morgan fingerprint density at radius 2 is 1.70 bits per heavy atom. The summed E-state index contributed by atoms with van der Waals surface area (Å²) in [5, 5.41) is 6.35. The summed E-state index contributed by atoms with van der Waals surface area (Å²) in [6.45, 7) is 11.0. The van der Waals surface area contributed by atoms with Crippen molar-refractivity contribution >= 4 is 41.1 Å². The molecule has 10 nitrogen and oxygen atoms in total. The van der Waals surface area contributed by atoms with Crippen LogP contribution in [0.3, 0.4) is 0 Å². The summed E-state index contributed by atoms with van der Waals surface area (Å²) in [6, 6.07) is 0.806. The Bertz CT molecular complexity index is 1050. The van der Waals surface area contributed by atoms with E-state index in [2.05, 4.69) is 10.6 Å². The number of alkyl carbamates (subject to hydrolysis) is 1. The van der Waals surface area contributed by atoms with Crippen LogP contribution in [0.15, 0.2) is 6.07 Å². The molecule has 1 unspecified atom stereocenters. The zero-order chi connectivity index (χ0) is 27.7. The monoisotopic (exact) mass is 541 g/mol. The van der Waals surface area contributed by atoms with E-state index in [1.54, 1.807) is 46.4 Å². The van der Waals surface area contributed by atoms with Gasteiger partial charge in [0.15, 0.2) is 0 Å². The number of ether oxygens (including phenoxy) is 2. The second kappa shape index (κ2) is 10.9. The fourth-order valence-corrected chi connectivity index (χ4v) is 4.41. The molecule has 1 aliphatic heterocycles. The van der Waals surface area contributed by atoms with Gasteiger partial charge in [-0.2, -0.15) is 5.01 Å². The van der Waals surface area contributed by atoms with Gasteiger partial charge in [-0.1, -0.05) is 11.6 Å². The molecule has 0 radical (unpaired) electrons. The minimum Gasteiger partial charge on any atom is -0.444 e. The third-order valence-corrected chi connectivity index (χ3v) is 6.28. The largest absolute Gasteiger partial charge is 0.444 e. The molecule has 2 aliphatic rings. The molecule has 0 aromatic heterocycles. The Morgan fingerprint density at radius 3 is 2.24 bits per heavy atom. The molecule has 206 valence electrons. The van der Waals surface area contributed by atoms with Gasteiger partial charge in [-0.15, -0.1) is 0 Å². The number of carbonyl (C=O) groups is 3. The van der Waals surface area contributed by atoms with Crippen molar-refractivity contribution in [1.82, 2.24) is 10.3 Å². The predicted molar refractivity (Wildman–Crippen MR) is 139 cm³/mol. The first kappa shape index (κ1) is 28.8. The number of anilines is 2. The molecule has 1 heterocycles. The Labute approximate surface area is 221 Å². The minimum absolute atomic E-state index is 0.00533. The van der Waals surface area contributed by atoms with Gasteiger partial charge >= 0.3 is 12.2 Å². The first-order valence-electron chi connectivity index (χ1n) is 12.4. The molecule has 0 bridgehead atoms. The number of hydrogen-bond donors (Lipinski definition) is 3. The van der Waals surface area contributed by atoms with Crippen molar-refractivity contribution in [2.75, 3.05) is 23.3 Å². The minimum atomic E-state index is -1.07. The molecule has 2 fully saturated rings. The molecule has 1 saturated heterocycles. The highest BCUT2D eigenvalue weighted by Gasteiger charge is 2.34. The van der Waals surface area contributed by atoms with Crippen LogP contribution in [0.2, 0.25) is 5.02 Å². The van der Waals surface area contributed by atoms with E-state index in [1.165, 1.54) is 0 Å². The maximum atomic E-state index is 15.5. The average Bonchev–Trinajstić information content (AvgIpc) is 3.15. The SMILES string of the molecule is CC(C)(C)OC(=O)NC1CCN(c2c(F)cc(C(=O)N(N)C(=O)OC(C)(C)C)c(NC3CCC3)c2Cl)C1. The summed E-state index contributed by atoms with van der Waals surface area (Å²) < 4.78 is 26.0. The highest BCUT2D eigenvalue weighted by Crippen LogP contribution is 2.41. The number of carbonyl (C=O) groups excluding carboxylic acids is 3. The molecule has 1 aromatic rings. The van der Waals surface area contributed by atoms with Crippen molar-refractivity contribution in [2.24, 2.45) is 5.84 Å². The predicted octanol–water partition coefficient (Wildman–Crippen LogP) is 4.80. The molecule has 3 rings (SSSR count). The first-order valence-corrected chi connectivity index (χ1v) is 12.8. The van der Waals surface area contributed by atoms with E-state index in [9.17, 15) is 14.4 Å². The van der Waals surface area contributed by atoms with Crippen LogP contribution >= 0.6 is 11.6 Å². The lowest BCUT2D eigenvalue weighted by Crippen LogP contribution is -2.46. The van der Waals surface area contributed by atoms with Crippen molar-refractivity contribution in [1.29, 1.82) is 0 Å². The Morgan fingerprint density at radius 1 is 1.08 bits per heavy atom. The van der Waals surface area contributed by atoms with Crippen molar-refractivity contribution in [3.05, 3.63) is 22.5 Å². The Hall–Kier alpha value is -2.79. The Balaban J connectivity index is 1.87. The topological polar surface area (TPSA) is 126 Å². The number of nitrogens with two attached hydrogens (primary N) is 1. The third-order valence-electron chi connectivity index (χ3n) is 5.91. The summed E-state index contributed by atoms with van der Waals surface area (Å²) >= 11 is 6.72. The Kier molecular flexibility index (Phi) is 8.48. The van der Waals surface area contributed by atoms with Gasteiger partial charge in [0.25, 0.3) is 5.91 Å². The zero-order valence-electron chi connectivity index (χ0n) is 22.2. The summed E-state index contributed by atoms with van der Waals surface area (Å²) in [4.78, 5) is 39.4. The van der Waals surface area contributed by atoms with E-state index in [0.717, 1.165) is 25.3 Å². The van der Waals surface area contributed by atoms with Crippen LogP contribution in [-0.4, -0.2) is 59.5 Å². The summed E-state index contributed by atoms with van der Waals surface area (Å²) in [5.41, 5.74) is -1.38. The normalized spacial score (nSPS) is 18.2. The number of nitrogens with one attached hydrogen (secondary N) is 2. The average molecular weight is 542 g/mol. The van der Waals surface area contributed by atoms with Gasteiger partial charge in [-0.05, 0) is 73.3 Å². The van der Waals surface area contributed by atoms with Crippen LogP contribution in [0.25, 0.3) is 0 Å². The number of hydrazine groups is 1. The lowest BCUT2D eigenvalue weighted by atomic mass is 9.92. The summed E-state index contributed by atoms with van der Waals surface area (Å²) in [7, 11) is 0. The highest BCUT2D eigenvalue weighted by molar-refractivity contribution is 6.37. The number of halogens is 2. The van der Waals surface area contributed by atoms with E-state index in [-0.39, 0.29) is 34.0 Å². The molecule has 1 atom stereocenters. The molecule has 12 heteroatoms. The fraction of sp³-hybridized carbons (Fsp3) is 0.640. The van der Waals surface area contributed by atoms with Gasteiger partial charge in [-0.25, -0.2) is 19.8 Å². The molecule has 1 aliphatic carbocycles. The second-order valence-corrected chi connectivity index (χ2v) is 11.8. The zero-order valence-corrected chi connectivity index (χ0v) is 23.0. The highest BCUT2D eigenvalue weighted by atomic mass is 35.5. The van der Waals surface area contributed by atoms with Gasteiger partial charge in [0.2, 0.25) is 0 Å². The molecular weight excluding hydrogens is 505 g/mol. The van der Waals surface area contributed by atoms with Crippen molar-refractivity contribution in [3.63, 3.8) is 0 Å². The number of amides is 3. The number of hydrogen-bond acceptors (Lipinski definition) is 8. The van der Waals surface area contributed by atoms with E-state index in [1.807, 2.05) is 0 Å². The van der Waals surface area contributed by atoms with Crippen LogP contribution in [0.5, 0.6) is 0 Å². The van der Waals surface area contributed by atoms with E-state index >= 15 is 4.39 Å². The van der Waals surface area contributed by atoms with E-state index < -0.39 is 35.1 Å². The van der Waals surface area contributed by atoms with Crippen LogP contribution in [-0.2, 0) is 9.47 Å². The lowest BCUT2D eigenvalue weighted by molar-refractivity contribution is 0.0239. The number of imide groups is 1. The molecule has 1 saturated carbocycles. The molecule has 3 amide bonds. The number of nitrogens with zero attached hydrogens (tertiary/aromatic N) is 2. The van der Waals surface area contributed by atoms with Crippen LogP contribution in [0, 0.1) is 5.82 Å². The first-order chi connectivity index (χ1) is 17.1. The van der Waals surface area contributed by atoms with Crippen molar-refractivity contribution in [2.45, 2.75) is 90.5 Å². The second-order valence-electron chi connectivity index (χ2n) is 11.4. The van der Waals surface area contributed by atoms with E-state index in [4.69, 9.17) is 26.9 Å². The molecule has 1 aromatic carbocycles. The van der Waals surface area contributed by atoms with Crippen LogP contribution < -0.4 is 21.4 Å². The van der Waals surface area contributed by atoms with Gasteiger partial charge in [-0.3, -0.25) is 4.79 Å². The molecule has 4 N–H and O–H groups in total. The smallest absolute Gasteiger partial charge is 0.432 e. The van der Waals surface area contributed by atoms with Crippen molar-refractivity contribution in [3.8, 4) is 0 Å². The van der Waals surface area contributed by atoms with Crippen LogP contribution in [0.4, 0.5) is 25.4 Å². The fourth-order valence-electron chi connectivity index (χ4n) is 4.04. The van der Waals surface area contributed by atoms with Gasteiger partial charge in [0, 0.05) is 19.1 Å². The summed E-state index contributed by atoms with van der Waals surface area (Å²) in [6.07, 6.45) is 1.67. The maximum Gasteiger partial charge on any atom is 0.432 e. The quantitative estimate of drug-likeness (QED) is 0.276.